The van der Waals surface area contributed by atoms with Crippen LogP contribution in [0.1, 0.15) is 28.8 Å². The van der Waals surface area contributed by atoms with Crippen LogP contribution in [-0.2, 0) is 4.79 Å². The van der Waals surface area contributed by atoms with E-state index in [1.54, 1.807) is 71.6 Å². The first kappa shape index (κ1) is 21.3. The largest absolute Gasteiger partial charge is 0.339 e. The highest BCUT2D eigenvalue weighted by Gasteiger charge is 2.28. The number of nitriles is 1. The molecule has 4 rings (SSSR count). The number of halogens is 1. The summed E-state index contributed by atoms with van der Waals surface area (Å²) in [4.78, 5) is 27.3. The fraction of sp³-hybridized carbons (Fsp3) is 0.192. The molecule has 1 fully saturated rings. The lowest BCUT2D eigenvalue weighted by Gasteiger charge is -2.31. The van der Waals surface area contributed by atoms with Crippen molar-refractivity contribution in [2.24, 2.45) is 5.92 Å². The van der Waals surface area contributed by atoms with Gasteiger partial charge in [-0.1, -0.05) is 42.5 Å². The van der Waals surface area contributed by atoms with Crippen LogP contribution in [-0.4, -0.2) is 29.8 Å². The third-order valence-electron chi connectivity index (χ3n) is 5.75. The van der Waals surface area contributed by atoms with Crippen molar-refractivity contribution in [2.75, 3.05) is 18.4 Å². The number of carbonyl (C=O) groups excluding carboxylic acids is 2. The Kier molecular flexibility index (Phi) is 6.27. The maximum atomic E-state index is 14.1. The molecule has 160 valence electrons. The highest BCUT2D eigenvalue weighted by Crippen LogP contribution is 2.26. The molecule has 1 N–H and O–H groups in total. The SMILES string of the molecule is N#Cc1ccccc1C(=O)N1CCC(C(=O)Nc2cccc(-c3ccccc3F)c2)CC1. The maximum Gasteiger partial charge on any atom is 0.255 e. The third-order valence-corrected chi connectivity index (χ3v) is 5.75. The van der Waals surface area contributed by atoms with E-state index in [0.717, 1.165) is 0 Å². The summed E-state index contributed by atoms with van der Waals surface area (Å²) < 4.78 is 14.1. The fourth-order valence-corrected chi connectivity index (χ4v) is 3.99. The fourth-order valence-electron chi connectivity index (χ4n) is 3.99. The molecule has 1 aliphatic heterocycles. The Bertz CT molecular complexity index is 1190. The van der Waals surface area contributed by atoms with Gasteiger partial charge in [0.05, 0.1) is 17.2 Å². The summed E-state index contributed by atoms with van der Waals surface area (Å²) in [6, 6.07) is 22.4. The van der Waals surface area contributed by atoms with E-state index in [1.807, 2.05) is 0 Å². The van der Waals surface area contributed by atoms with Gasteiger partial charge in [-0.15, -0.1) is 0 Å². The topological polar surface area (TPSA) is 73.2 Å². The number of amides is 2. The van der Waals surface area contributed by atoms with Crippen molar-refractivity contribution in [1.82, 2.24) is 4.90 Å². The van der Waals surface area contributed by atoms with Crippen LogP contribution < -0.4 is 5.32 Å². The van der Waals surface area contributed by atoms with Crippen LogP contribution in [0.5, 0.6) is 0 Å². The Labute approximate surface area is 186 Å². The van der Waals surface area contributed by atoms with Crippen LogP contribution in [0.25, 0.3) is 11.1 Å². The number of rotatable bonds is 4. The van der Waals surface area contributed by atoms with E-state index >= 15 is 0 Å². The Hall–Kier alpha value is -3.98. The molecule has 0 aromatic heterocycles. The van der Waals surface area contributed by atoms with E-state index in [4.69, 9.17) is 0 Å². The number of likely N-dealkylation sites (tertiary alicyclic amines) is 1. The second-order valence-electron chi connectivity index (χ2n) is 7.77. The van der Waals surface area contributed by atoms with Gasteiger partial charge in [-0.3, -0.25) is 9.59 Å². The number of benzene rings is 3. The molecule has 0 aliphatic carbocycles. The molecule has 3 aromatic rings. The molecule has 1 aliphatic rings. The highest BCUT2D eigenvalue weighted by molar-refractivity contribution is 5.97. The van der Waals surface area contributed by atoms with Gasteiger partial charge in [0.2, 0.25) is 5.91 Å². The molecule has 0 spiro atoms. The van der Waals surface area contributed by atoms with Crippen molar-refractivity contribution in [1.29, 1.82) is 5.26 Å². The molecule has 6 heteroatoms. The number of carbonyl (C=O) groups is 2. The number of anilines is 1. The molecule has 1 heterocycles. The van der Waals surface area contributed by atoms with Gasteiger partial charge < -0.3 is 10.2 Å². The van der Waals surface area contributed by atoms with E-state index in [-0.39, 0.29) is 23.5 Å². The molecular weight excluding hydrogens is 405 g/mol. The van der Waals surface area contributed by atoms with E-state index in [2.05, 4.69) is 11.4 Å². The molecule has 2 amide bonds. The molecule has 0 bridgehead atoms. The first-order chi connectivity index (χ1) is 15.6. The average molecular weight is 427 g/mol. The monoisotopic (exact) mass is 427 g/mol. The Morgan fingerprint density at radius 1 is 0.969 bits per heavy atom. The minimum absolute atomic E-state index is 0.111. The van der Waals surface area contributed by atoms with Crippen LogP contribution >= 0.6 is 0 Å². The zero-order valence-electron chi connectivity index (χ0n) is 17.4. The summed E-state index contributed by atoms with van der Waals surface area (Å²) in [5, 5.41) is 12.2. The van der Waals surface area contributed by atoms with Crippen LogP contribution in [0.3, 0.4) is 0 Å². The van der Waals surface area contributed by atoms with Gasteiger partial charge in [0.15, 0.2) is 0 Å². The van der Waals surface area contributed by atoms with E-state index in [9.17, 15) is 19.2 Å². The molecule has 1 saturated heterocycles. The average Bonchev–Trinajstić information content (AvgIpc) is 2.84. The second kappa shape index (κ2) is 9.44. The zero-order valence-corrected chi connectivity index (χ0v) is 17.4. The first-order valence-electron chi connectivity index (χ1n) is 10.5. The van der Waals surface area contributed by atoms with Crippen molar-refractivity contribution in [3.63, 3.8) is 0 Å². The number of hydrogen-bond donors (Lipinski definition) is 1. The van der Waals surface area contributed by atoms with Crippen LogP contribution in [0.4, 0.5) is 10.1 Å². The zero-order chi connectivity index (χ0) is 22.5. The number of hydrogen-bond acceptors (Lipinski definition) is 3. The van der Waals surface area contributed by atoms with Crippen molar-refractivity contribution in [3.8, 4) is 17.2 Å². The Morgan fingerprint density at radius 2 is 1.69 bits per heavy atom. The third kappa shape index (κ3) is 4.52. The predicted molar refractivity (Wildman–Crippen MR) is 120 cm³/mol. The molecule has 0 unspecified atom stereocenters. The van der Waals surface area contributed by atoms with Crippen LogP contribution in [0.2, 0.25) is 0 Å². The van der Waals surface area contributed by atoms with E-state index < -0.39 is 0 Å². The smallest absolute Gasteiger partial charge is 0.255 e. The summed E-state index contributed by atoms with van der Waals surface area (Å²) in [7, 11) is 0. The Balaban J connectivity index is 1.38. The van der Waals surface area contributed by atoms with Crippen molar-refractivity contribution in [2.45, 2.75) is 12.8 Å². The lowest BCUT2D eigenvalue weighted by molar-refractivity contribution is -0.121. The summed E-state index contributed by atoms with van der Waals surface area (Å²) in [5.41, 5.74) is 2.53. The lowest BCUT2D eigenvalue weighted by atomic mass is 9.94. The molecule has 3 aromatic carbocycles. The molecule has 0 atom stereocenters. The van der Waals surface area contributed by atoms with Crippen molar-refractivity contribution < 1.29 is 14.0 Å². The minimum atomic E-state index is -0.314. The highest BCUT2D eigenvalue weighted by atomic mass is 19.1. The van der Waals surface area contributed by atoms with Crippen LogP contribution in [0.15, 0.2) is 72.8 Å². The van der Waals surface area contributed by atoms with Gasteiger partial charge >= 0.3 is 0 Å². The second-order valence-corrected chi connectivity index (χ2v) is 7.77. The molecule has 32 heavy (non-hydrogen) atoms. The van der Waals surface area contributed by atoms with Crippen molar-refractivity contribution >= 4 is 17.5 Å². The maximum absolute atomic E-state index is 14.1. The van der Waals surface area contributed by atoms with Gasteiger partial charge in [-0.05, 0) is 48.7 Å². The number of nitrogens with one attached hydrogen (secondary N) is 1. The number of nitrogens with zero attached hydrogens (tertiary/aromatic N) is 2. The van der Waals surface area contributed by atoms with Crippen molar-refractivity contribution in [3.05, 3.63) is 89.7 Å². The normalized spacial score (nSPS) is 13.9. The van der Waals surface area contributed by atoms with Gasteiger partial charge in [0, 0.05) is 30.3 Å². The van der Waals surface area contributed by atoms with Gasteiger partial charge in [0.25, 0.3) is 5.91 Å². The Morgan fingerprint density at radius 3 is 2.44 bits per heavy atom. The van der Waals surface area contributed by atoms with E-state index in [1.165, 1.54) is 6.07 Å². The molecule has 5 nitrogen and oxygen atoms in total. The lowest BCUT2D eigenvalue weighted by Crippen LogP contribution is -2.41. The van der Waals surface area contributed by atoms with E-state index in [0.29, 0.717) is 53.9 Å². The number of piperidine rings is 1. The summed E-state index contributed by atoms with van der Waals surface area (Å²) in [6.45, 7) is 0.901. The standard InChI is InChI=1S/C26H22FN3O2/c27-24-11-4-3-9-22(24)19-7-5-8-21(16-19)29-25(31)18-12-14-30(15-13-18)26(32)23-10-2-1-6-20(23)17-28/h1-11,16,18H,12-15H2,(H,29,31). The summed E-state index contributed by atoms with van der Waals surface area (Å²) in [5.74, 6) is -0.827. The summed E-state index contributed by atoms with van der Waals surface area (Å²) in [6.07, 6.45) is 1.08. The molecule has 0 radical (unpaired) electrons. The van der Waals surface area contributed by atoms with Crippen LogP contribution in [0, 0.1) is 23.1 Å². The summed E-state index contributed by atoms with van der Waals surface area (Å²) >= 11 is 0. The van der Waals surface area contributed by atoms with Gasteiger partial charge in [0.1, 0.15) is 5.82 Å². The van der Waals surface area contributed by atoms with Gasteiger partial charge in [-0.25, -0.2) is 4.39 Å². The first-order valence-corrected chi connectivity index (χ1v) is 10.5. The minimum Gasteiger partial charge on any atom is -0.339 e. The molecule has 0 saturated carbocycles. The molecular formula is C26H22FN3O2. The quantitative estimate of drug-likeness (QED) is 0.647. The predicted octanol–water partition coefficient (Wildman–Crippen LogP) is 4.86. The van der Waals surface area contributed by atoms with Gasteiger partial charge in [-0.2, -0.15) is 5.26 Å².